The molecule has 0 aliphatic heterocycles. The number of benzene rings is 1. The van der Waals surface area contributed by atoms with E-state index >= 15 is 0 Å². The Morgan fingerprint density at radius 3 is 2.52 bits per heavy atom. The molecule has 1 heterocycles. The maximum absolute atomic E-state index is 12.5. The first kappa shape index (κ1) is 19.2. The van der Waals surface area contributed by atoms with Gasteiger partial charge in [0.25, 0.3) is 15.9 Å². The number of nitrogens with zero attached hydrogens (tertiary/aromatic N) is 1. The van der Waals surface area contributed by atoms with Gasteiger partial charge in [-0.05, 0) is 45.0 Å². The molecule has 0 saturated carbocycles. The Balaban J connectivity index is 2.23. The molecule has 1 N–H and O–H groups in total. The molecule has 7 nitrogen and oxygen atoms in total. The average molecular weight is 366 g/mol. The Morgan fingerprint density at radius 1 is 1.28 bits per heavy atom. The van der Waals surface area contributed by atoms with E-state index < -0.39 is 10.0 Å². The third-order valence-corrected chi connectivity index (χ3v) is 5.56. The normalized spacial score (nSPS) is 13.0. The number of nitrogens with one attached hydrogen (secondary N) is 1. The van der Waals surface area contributed by atoms with Gasteiger partial charge in [0, 0.05) is 18.2 Å². The van der Waals surface area contributed by atoms with Gasteiger partial charge >= 0.3 is 0 Å². The number of carbonyl (C=O) groups is 1. The summed E-state index contributed by atoms with van der Waals surface area (Å²) in [5, 5.41) is 2.85. The Bertz CT molecular complexity index is 873. The van der Waals surface area contributed by atoms with Gasteiger partial charge in [-0.25, -0.2) is 8.42 Å². The lowest BCUT2D eigenvalue weighted by Crippen LogP contribution is -2.28. The van der Waals surface area contributed by atoms with Crippen molar-refractivity contribution in [2.24, 2.45) is 0 Å². The molecule has 0 saturated heterocycles. The molecule has 0 aliphatic rings. The minimum Gasteiger partial charge on any atom is -0.466 e. The summed E-state index contributed by atoms with van der Waals surface area (Å²) in [6.45, 7) is 5.51. The van der Waals surface area contributed by atoms with Crippen LogP contribution in [-0.4, -0.2) is 33.0 Å². The van der Waals surface area contributed by atoms with Gasteiger partial charge in [-0.3, -0.25) is 9.63 Å². The molecule has 2 rings (SSSR count). The maximum atomic E-state index is 12.5. The first-order valence-electron chi connectivity index (χ1n) is 7.67. The topological polar surface area (TPSA) is 88.8 Å². The van der Waals surface area contributed by atoms with Crippen molar-refractivity contribution in [2.75, 3.05) is 14.2 Å². The van der Waals surface area contributed by atoms with Crippen molar-refractivity contribution < 1.29 is 22.5 Å². The zero-order valence-electron chi connectivity index (χ0n) is 14.9. The lowest BCUT2D eigenvalue weighted by molar-refractivity contribution is -0.0258. The highest BCUT2D eigenvalue weighted by Crippen LogP contribution is 2.22. The van der Waals surface area contributed by atoms with Crippen molar-refractivity contribution >= 4 is 15.9 Å². The van der Waals surface area contributed by atoms with Gasteiger partial charge in [0.1, 0.15) is 11.5 Å². The molecule has 1 aromatic carbocycles. The molecule has 1 unspecified atom stereocenters. The number of hydrogen-bond acceptors (Lipinski definition) is 5. The molecule has 0 fully saturated rings. The predicted molar refractivity (Wildman–Crippen MR) is 92.5 cm³/mol. The SMILES string of the molecule is CON(C)S(=O)(=O)c1cccc(C(=O)NC(C)c2cc(C)oc2C)c1. The van der Waals surface area contributed by atoms with E-state index in [9.17, 15) is 13.2 Å². The monoisotopic (exact) mass is 366 g/mol. The lowest BCUT2D eigenvalue weighted by atomic mass is 10.1. The standard InChI is InChI=1S/C17H22N2O5S/c1-11-9-16(13(3)24-11)12(2)18-17(20)14-7-6-8-15(10-14)25(21,22)19(4)23-5/h6-10,12H,1-5H3,(H,18,20). The average Bonchev–Trinajstić information content (AvgIpc) is 2.92. The summed E-state index contributed by atoms with van der Waals surface area (Å²) in [6, 6.07) is 7.40. The van der Waals surface area contributed by atoms with E-state index in [1.165, 1.54) is 32.4 Å². The van der Waals surface area contributed by atoms with E-state index in [1.807, 2.05) is 26.8 Å². The molecule has 0 aliphatic carbocycles. The van der Waals surface area contributed by atoms with Crippen LogP contribution >= 0.6 is 0 Å². The van der Waals surface area contributed by atoms with Crippen molar-refractivity contribution in [1.29, 1.82) is 0 Å². The Morgan fingerprint density at radius 2 is 1.96 bits per heavy atom. The molecule has 25 heavy (non-hydrogen) atoms. The van der Waals surface area contributed by atoms with Crippen molar-refractivity contribution in [3.8, 4) is 0 Å². The quantitative estimate of drug-likeness (QED) is 0.794. The van der Waals surface area contributed by atoms with Gasteiger partial charge in [-0.15, -0.1) is 0 Å². The molecule has 1 amide bonds. The second-order valence-corrected chi connectivity index (χ2v) is 7.62. The Labute approximate surface area is 147 Å². The van der Waals surface area contributed by atoms with Crippen molar-refractivity contribution in [1.82, 2.24) is 9.79 Å². The summed E-state index contributed by atoms with van der Waals surface area (Å²) in [6.07, 6.45) is 0. The Kier molecular flexibility index (Phi) is 5.66. The number of furan rings is 1. The molecular weight excluding hydrogens is 344 g/mol. The number of hydroxylamine groups is 1. The van der Waals surface area contributed by atoms with Crippen LogP contribution in [-0.2, 0) is 14.9 Å². The number of hydrogen-bond donors (Lipinski definition) is 1. The van der Waals surface area contributed by atoms with E-state index in [1.54, 1.807) is 6.07 Å². The molecular formula is C17H22N2O5S. The van der Waals surface area contributed by atoms with E-state index in [2.05, 4.69) is 5.32 Å². The van der Waals surface area contributed by atoms with Crippen LogP contribution in [0.4, 0.5) is 0 Å². The largest absolute Gasteiger partial charge is 0.466 e. The van der Waals surface area contributed by atoms with E-state index in [0.29, 0.717) is 0 Å². The van der Waals surface area contributed by atoms with E-state index in [4.69, 9.17) is 9.25 Å². The van der Waals surface area contributed by atoms with E-state index in [-0.39, 0.29) is 22.4 Å². The van der Waals surface area contributed by atoms with Crippen LogP contribution in [0.5, 0.6) is 0 Å². The summed E-state index contributed by atoms with van der Waals surface area (Å²) in [4.78, 5) is 17.2. The summed E-state index contributed by atoms with van der Waals surface area (Å²) in [7, 11) is -1.27. The molecule has 136 valence electrons. The van der Waals surface area contributed by atoms with Gasteiger partial charge in [0.2, 0.25) is 0 Å². The van der Waals surface area contributed by atoms with E-state index in [0.717, 1.165) is 21.6 Å². The number of sulfonamides is 1. The van der Waals surface area contributed by atoms with Crippen LogP contribution < -0.4 is 5.32 Å². The molecule has 0 radical (unpaired) electrons. The third-order valence-electron chi connectivity index (χ3n) is 3.88. The number of rotatable bonds is 6. The van der Waals surface area contributed by atoms with Crippen LogP contribution in [0.1, 0.15) is 40.4 Å². The van der Waals surface area contributed by atoms with Crippen LogP contribution in [0.25, 0.3) is 0 Å². The fourth-order valence-corrected chi connectivity index (χ4v) is 3.50. The first-order valence-corrected chi connectivity index (χ1v) is 9.11. The Hall–Kier alpha value is -2.16. The van der Waals surface area contributed by atoms with Crippen molar-refractivity contribution in [3.63, 3.8) is 0 Å². The van der Waals surface area contributed by atoms with Gasteiger partial charge in [0.05, 0.1) is 18.0 Å². The summed E-state index contributed by atoms with van der Waals surface area (Å²) < 4.78 is 30.8. The fourth-order valence-electron chi connectivity index (χ4n) is 2.48. The molecule has 0 spiro atoms. The molecule has 0 bridgehead atoms. The molecule has 1 aromatic heterocycles. The first-order chi connectivity index (χ1) is 11.7. The van der Waals surface area contributed by atoms with Crippen LogP contribution in [0, 0.1) is 13.8 Å². The fraction of sp³-hybridized carbons (Fsp3) is 0.353. The highest BCUT2D eigenvalue weighted by atomic mass is 32.2. The zero-order valence-corrected chi connectivity index (χ0v) is 15.7. The minimum atomic E-state index is -3.81. The lowest BCUT2D eigenvalue weighted by Gasteiger charge is -2.16. The smallest absolute Gasteiger partial charge is 0.264 e. The maximum Gasteiger partial charge on any atom is 0.264 e. The minimum absolute atomic E-state index is 0.0208. The van der Waals surface area contributed by atoms with Crippen LogP contribution in [0.15, 0.2) is 39.6 Å². The van der Waals surface area contributed by atoms with Crippen LogP contribution in [0.3, 0.4) is 0 Å². The predicted octanol–water partition coefficient (Wildman–Crippen LogP) is 2.57. The van der Waals surface area contributed by atoms with Crippen molar-refractivity contribution in [2.45, 2.75) is 31.7 Å². The van der Waals surface area contributed by atoms with Gasteiger partial charge < -0.3 is 9.73 Å². The summed E-state index contributed by atoms with van der Waals surface area (Å²) in [5.41, 5.74) is 1.13. The van der Waals surface area contributed by atoms with Gasteiger partial charge in [0.15, 0.2) is 0 Å². The zero-order chi connectivity index (χ0) is 18.8. The summed E-state index contributed by atoms with van der Waals surface area (Å²) >= 11 is 0. The number of amides is 1. The molecule has 1 atom stereocenters. The highest BCUT2D eigenvalue weighted by Gasteiger charge is 2.22. The van der Waals surface area contributed by atoms with Gasteiger partial charge in [-0.2, -0.15) is 0 Å². The highest BCUT2D eigenvalue weighted by molar-refractivity contribution is 7.89. The second kappa shape index (κ2) is 7.38. The summed E-state index contributed by atoms with van der Waals surface area (Å²) in [5.74, 6) is 1.13. The number of carbonyl (C=O) groups excluding carboxylic acids is 1. The molecule has 2 aromatic rings. The van der Waals surface area contributed by atoms with Gasteiger partial charge in [-0.1, -0.05) is 10.5 Å². The molecule has 8 heteroatoms. The number of aryl methyl sites for hydroxylation is 2. The van der Waals surface area contributed by atoms with Crippen LogP contribution in [0.2, 0.25) is 0 Å². The second-order valence-electron chi connectivity index (χ2n) is 5.69. The third kappa shape index (κ3) is 4.09. The van der Waals surface area contributed by atoms with Crippen molar-refractivity contribution in [3.05, 3.63) is 53.0 Å².